The van der Waals surface area contributed by atoms with Gasteiger partial charge < -0.3 is 4.57 Å². The summed E-state index contributed by atoms with van der Waals surface area (Å²) >= 11 is 0. The molecule has 0 spiro atoms. The average molecular weight is 623 g/mol. The van der Waals surface area contributed by atoms with E-state index in [1.807, 2.05) is 0 Å². The van der Waals surface area contributed by atoms with Gasteiger partial charge in [-0.25, -0.2) is 0 Å². The molecule has 2 heterocycles. The Bertz CT molecular complexity index is 2790. The predicted molar refractivity (Wildman–Crippen MR) is 207 cm³/mol. The molecule has 49 heavy (non-hydrogen) atoms. The Morgan fingerprint density at radius 3 is 1.67 bits per heavy atom. The van der Waals surface area contributed by atoms with Gasteiger partial charge in [-0.1, -0.05) is 152 Å². The number of para-hydroxylation sites is 1. The second kappa shape index (κ2) is 11.0. The molecule has 10 rings (SSSR count). The Hall–Kier alpha value is -6.51. The Kier molecular flexibility index (Phi) is 6.22. The third kappa shape index (κ3) is 4.24. The third-order valence-corrected chi connectivity index (χ3v) is 10.0. The van der Waals surface area contributed by atoms with E-state index in [0.717, 1.165) is 16.9 Å². The number of hydrogen-bond acceptors (Lipinski definition) is 1. The molecule has 0 radical (unpaired) electrons. The fourth-order valence-electron chi connectivity index (χ4n) is 7.93. The molecule has 0 aliphatic carbocycles. The molecule has 228 valence electrons. The predicted octanol–water partition coefficient (Wildman–Crippen LogP) is 12.6. The van der Waals surface area contributed by atoms with Gasteiger partial charge in [-0.3, -0.25) is 4.98 Å². The van der Waals surface area contributed by atoms with E-state index in [9.17, 15) is 0 Å². The zero-order valence-electron chi connectivity index (χ0n) is 26.7. The summed E-state index contributed by atoms with van der Waals surface area (Å²) in [5.41, 5.74) is 10.5. The monoisotopic (exact) mass is 622 g/mol. The van der Waals surface area contributed by atoms with Gasteiger partial charge in [-0.05, 0) is 67.9 Å². The van der Waals surface area contributed by atoms with Crippen molar-refractivity contribution >= 4 is 54.1 Å². The quantitative estimate of drug-likeness (QED) is 0.179. The van der Waals surface area contributed by atoms with E-state index in [0.29, 0.717) is 0 Å². The van der Waals surface area contributed by atoms with Crippen LogP contribution in [0.2, 0.25) is 0 Å². The van der Waals surface area contributed by atoms with Crippen LogP contribution >= 0.6 is 0 Å². The van der Waals surface area contributed by atoms with Gasteiger partial charge in [-0.2, -0.15) is 0 Å². The summed E-state index contributed by atoms with van der Waals surface area (Å²) in [7, 11) is 0. The van der Waals surface area contributed by atoms with E-state index in [-0.39, 0.29) is 0 Å². The minimum absolute atomic E-state index is 0.973. The Morgan fingerprint density at radius 2 is 1.00 bits per heavy atom. The van der Waals surface area contributed by atoms with Gasteiger partial charge in [0.05, 0.1) is 16.7 Å². The van der Waals surface area contributed by atoms with E-state index in [1.54, 1.807) is 0 Å². The molecule has 0 bridgehead atoms. The molecule has 2 heteroatoms. The second-order valence-electron chi connectivity index (χ2n) is 12.7. The number of benzene rings is 8. The Balaban J connectivity index is 1.20. The molecule has 0 atom stereocenters. The molecule has 0 saturated carbocycles. The number of pyridine rings is 1. The average Bonchev–Trinajstić information content (AvgIpc) is 3.53. The highest BCUT2D eigenvalue weighted by Crippen LogP contribution is 2.44. The van der Waals surface area contributed by atoms with Crippen molar-refractivity contribution in [3.05, 3.63) is 182 Å². The maximum Gasteiger partial charge on any atom is 0.0714 e. The maximum absolute atomic E-state index is 5.22. The van der Waals surface area contributed by atoms with E-state index in [4.69, 9.17) is 4.98 Å². The van der Waals surface area contributed by atoms with Gasteiger partial charge in [-0.15, -0.1) is 0 Å². The van der Waals surface area contributed by atoms with Crippen molar-refractivity contribution in [2.75, 3.05) is 0 Å². The molecule has 0 aliphatic rings. The summed E-state index contributed by atoms with van der Waals surface area (Å²) in [6.07, 6.45) is 2.06. The summed E-state index contributed by atoms with van der Waals surface area (Å²) in [5, 5.41) is 9.85. The van der Waals surface area contributed by atoms with Gasteiger partial charge in [0.25, 0.3) is 0 Å². The molecular weight excluding hydrogens is 593 g/mol. The Morgan fingerprint density at radius 1 is 0.388 bits per heavy atom. The highest BCUT2D eigenvalue weighted by atomic mass is 15.0. The van der Waals surface area contributed by atoms with Crippen molar-refractivity contribution in [1.29, 1.82) is 0 Å². The van der Waals surface area contributed by atoms with E-state index < -0.39 is 0 Å². The normalized spacial score (nSPS) is 11.7. The first-order valence-corrected chi connectivity index (χ1v) is 16.8. The number of aromatic nitrogens is 2. The van der Waals surface area contributed by atoms with E-state index in [1.165, 1.54) is 76.4 Å². The largest absolute Gasteiger partial charge is 0.309 e. The molecule has 0 N–H and O–H groups in total. The molecule has 2 aromatic heterocycles. The summed E-state index contributed by atoms with van der Waals surface area (Å²) in [6, 6.07) is 63.3. The van der Waals surface area contributed by atoms with Crippen LogP contribution < -0.4 is 0 Å². The van der Waals surface area contributed by atoms with Crippen molar-refractivity contribution < 1.29 is 0 Å². The first kappa shape index (κ1) is 27.6. The fraction of sp³-hybridized carbons (Fsp3) is 0. The third-order valence-electron chi connectivity index (χ3n) is 10.0. The van der Waals surface area contributed by atoms with Crippen LogP contribution in [-0.2, 0) is 0 Å². The van der Waals surface area contributed by atoms with Crippen LogP contribution in [0.1, 0.15) is 0 Å². The number of fused-ring (bicyclic) bond motifs is 7. The zero-order chi connectivity index (χ0) is 32.3. The smallest absolute Gasteiger partial charge is 0.0714 e. The first-order valence-electron chi connectivity index (χ1n) is 16.8. The second-order valence-corrected chi connectivity index (χ2v) is 12.7. The molecule has 0 saturated heterocycles. The summed E-state index contributed by atoms with van der Waals surface area (Å²) in [5.74, 6) is 0. The van der Waals surface area contributed by atoms with Crippen LogP contribution in [0.4, 0.5) is 0 Å². The van der Waals surface area contributed by atoms with Crippen LogP contribution in [0.3, 0.4) is 0 Å². The minimum Gasteiger partial charge on any atom is -0.309 e. The number of rotatable bonds is 4. The van der Waals surface area contributed by atoms with Gasteiger partial charge in [0.2, 0.25) is 0 Å². The van der Waals surface area contributed by atoms with E-state index in [2.05, 4.69) is 187 Å². The number of nitrogens with zero attached hydrogens (tertiary/aromatic N) is 2. The summed E-state index contributed by atoms with van der Waals surface area (Å²) in [4.78, 5) is 5.22. The standard InChI is InChI=1S/C47H30N2/c1-3-15-32(16-4-1)44-37-20-9-11-22-39(37)45(40-23-12-10-21-38(40)44)42-29-27-33(30-48-42)35-24-13-25-43-46(35)41-28-26-31-14-7-8-19-36(31)47(41)49(43)34-17-5-2-6-18-34/h1-30H. The Labute approximate surface area is 284 Å². The van der Waals surface area contributed by atoms with Crippen molar-refractivity contribution in [2.45, 2.75) is 0 Å². The lowest BCUT2D eigenvalue weighted by Gasteiger charge is -2.17. The molecule has 8 aromatic carbocycles. The van der Waals surface area contributed by atoms with Crippen molar-refractivity contribution in [3.63, 3.8) is 0 Å². The van der Waals surface area contributed by atoms with Crippen LogP contribution in [0.5, 0.6) is 0 Å². The minimum atomic E-state index is 0.973. The molecule has 0 aliphatic heterocycles. The van der Waals surface area contributed by atoms with Crippen LogP contribution in [-0.4, -0.2) is 9.55 Å². The van der Waals surface area contributed by atoms with Gasteiger partial charge >= 0.3 is 0 Å². The molecular formula is C47H30N2. The van der Waals surface area contributed by atoms with E-state index >= 15 is 0 Å². The lowest BCUT2D eigenvalue weighted by Crippen LogP contribution is -1.94. The summed E-state index contributed by atoms with van der Waals surface area (Å²) < 4.78 is 2.42. The molecule has 0 unspecified atom stereocenters. The molecule has 0 amide bonds. The number of hydrogen-bond donors (Lipinski definition) is 0. The van der Waals surface area contributed by atoms with Crippen molar-refractivity contribution in [2.24, 2.45) is 0 Å². The van der Waals surface area contributed by atoms with Crippen LogP contribution in [0.25, 0.3) is 93.3 Å². The molecule has 10 aromatic rings. The van der Waals surface area contributed by atoms with Crippen molar-refractivity contribution in [3.8, 4) is 39.2 Å². The lowest BCUT2D eigenvalue weighted by atomic mass is 9.87. The summed E-state index contributed by atoms with van der Waals surface area (Å²) in [6.45, 7) is 0. The molecule has 2 nitrogen and oxygen atoms in total. The topological polar surface area (TPSA) is 17.8 Å². The van der Waals surface area contributed by atoms with Crippen LogP contribution in [0, 0.1) is 0 Å². The molecule has 0 fully saturated rings. The lowest BCUT2D eigenvalue weighted by molar-refractivity contribution is 1.19. The fourth-order valence-corrected chi connectivity index (χ4v) is 7.93. The zero-order valence-corrected chi connectivity index (χ0v) is 26.7. The van der Waals surface area contributed by atoms with Crippen LogP contribution in [0.15, 0.2) is 182 Å². The highest BCUT2D eigenvalue weighted by molar-refractivity contribution is 6.23. The van der Waals surface area contributed by atoms with Crippen molar-refractivity contribution in [1.82, 2.24) is 9.55 Å². The maximum atomic E-state index is 5.22. The van der Waals surface area contributed by atoms with Gasteiger partial charge in [0.1, 0.15) is 0 Å². The highest BCUT2D eigenvalue weighted by Gasteiger charge is 2.20. The van der Waals surface area contributed by atoms with Gasteiger partial charge in [0, 0.05) is 39.2 Å². The first-order chi connectivity index (χ1) is 24.3. The van der Waals surface area contributed by atoms with Gasteiger partial charge in [0.15, 0.2) is 0 Å². The SMILES string of the molecule is c1ccc(-c2c3ccccc3c(-c3ccc(-c4cccc5c4c4ccc6ccccc6c4n5-c4ccccc4)cn3)c3ccccc23)cc1.